The van der Waals surface area contributed by atoms with Crippen molar-refractivity contribution in [2.75, 3.05) is 13.2 Å². The molecule has 6 nitrogen and oxygen atoms in total. The molecule has 2 unspecified atom stereocenters. The normalized spacial score (nSPS) is 12.9. The van der Waals surface area contributed by atoms with Crippen LogP contribution in [0.1, 0.15) is 348 Å². The van der Waals surface area contributed by atoms with E-state index in [2.05, 4.69) is 55.6 Å². The van der Waals surface area contributed by atoms with Crippen molar-refractivity contribution >= 4 is 11.9 Å². The largest absolute Gasteiger partial charge is 0.466 e. The molecule has 0 saturated heterocycles. The molecule has 0 aliphatic heterocycles. The zero-order valence-electron chi connectivity index (χ0n) is 49.6. The molecule has 0 aromatic heterocycles. The SMILES string of the molecule is CCCCCCCCC/C=C\CCCCCCCC(=O)OCCCCCCCCCCC/C=C\C/C=C\CCCCCCCCCCCCCCCCCC(=O)NC(CO)C(O)/C=C/CCCCCCCCCC. The fourth-order valence-electron chi connectivity index (χ4n) is 10.0. The van der Waals surface area contributed by atoms with E-state index in [1.807, 2.05) is 6.08 Å². The first-order valence-electron chi connectivity index (χ1n) is 32.9. The van der Waals surface area contributed by atoms with Gasteiger partial charge in [0.05, 0.1) is 25.4 Å². The van der Waals surface area contributed by atoms with Gasteiger partial charge < -0.3 is 20.3 Å². The van der Waals surface area contributed by atoms with Gasteiger partial charge in [0.25, 0.3) is 0 Å². The van der Waals surface area contributed by atoms with E-state index in [9.17, 15) is 19.8 Å². The van der Waals surface area contributed by atoms with Crippen LogP contribution in [0.5, 0.6) is 0 Å². The molecular weight excluding hydrogens is 911 g/mol. The Bertz CT molecular complexity index is 1240. The Balaban J connectivity index is 3.38. The quantitative estimate of drug-likeness (QED) is 0.0320. The molecule has 0 radical (unpaired) electrons. The van der Waals surface area contributed by atoms with E-state index in [-0.39, 0.29) is 18.5 Å². The van der Waals surface area contributed by atoms with E-state index in [1.54, 1.807) is 6.08 Å². The van der Waals surface area contributed by atoms with Gasteiger partial charge in [-0.1, -0.05) is 294 Å². The summed E-state index contributed by atoms with van der Waals surface area (Å²) in [5.41, 5.74) is 0. The zero-order valence-corrected chi connectivity index (χ0v) is 49.6. The number of rotatable bonds is 61. The number of amides is 1. The van der Waals surface area contributed by atoms with E-state index < -0.39 is 12.1 Å². The number of hydrogen-bond donors (Lipinski definition) is 3. The molecule has 6 heteroatoms. The van der Waals surface area contributed by atoms with Crippen molar-refractivity contribution in [3.63, 3.8) is 0 Å². The van der Waals surface area contributed by atoms with Gasteiger partial charge in [-0.15, -0.1) is 0 Å². The number of unbranched alkanes of at least 4 members (excludes halogenated alkanes) is 44. The second-order valence-corrected chi connectivity index (χ2v) is 22.4. The minimum Gasteiger partial charge on any atom is -0.466 e. The molecule has 0 saturated carbocycles. The van der Waals surface area contributed by atoms with Gasteiger partial charge in [-0.25, -0.2) is 0 Å². The second kappa shape index (κ2) is 63.4. The molecule has 0 fully saturated rings. The molecule has 74 heavy (non-hydrogen) atoms. The lowest BCUT2D eigenvalue weighted by Crippen LogP contribution is -2.45. The predicted molar refractivity (Wildman–Crippen MR) is 324 cm³/mol. The highest BCUT2D eigenvalue weighted by molar-refractivity contribution is 5.76. The van der Waals surface area contributed by atoms with Gasteiger partial charge in [0, 0.05) is 12.8 Å². The van der Waals surface area contributed by atoms with Crippen LogP contribution in [0.2, 0.25) is 0 Å². The second-order valence-electron chi connectivity index (χ2n) is 22.4. The molecule has 0 aromatic rings. The number of carbonyl (C=O) groups is 2. The van der Waals surface area contributed by atoms with Crippen LogP contribution in [0.15, 0.2) is 48.6 Å². The first-order chi connectivity index (χ1) is 36.5. The summed E-state index contributed by atoms with van der Waals surface area (Å²) in [5, 5.41) is 23.0. The molecule has 1 amide bonds. The standard InChI is InChI=1S/C68H127NO5/c1-3-5-7-9-11-13-15-16-17-36-39-42-46-50-54-58-62-68(73)74-63-59-55-51-47-43-40-37-34-32-30-28-26-24-22-20-18-19-21-23-25-27-29-31-33-35-38-41-45-49-53-57-61-67(72)69-65(64-70)66(71)60-56-52-48-44-14-12-10-8-6-4-2/h17,20,22,26,28,36,56,60,65-66,70-71H,3-16,18-19,21,23-25,27,29-35,37-55,57-59,61-64H2,1-2H3,(H,69,72)/b22-20-,28-26-,36-17-,60-56+. The van der Waals surface area contributed by atoms with E-state index in [1.165, 1.54) is 270 Å². The molecule has 0 heterocycles. The lowest BCUT2D eigenvalue weighted by molar-refractivity contribution is -0.143. The van der Waals surface area contributed by atoms with Gasteiger partial charge in [0.1, 0.15) is 0 Å². The van der Waals surface area contributed by atoms with Crippen LogP contribution in [0, 0.1) is 0 Å². The molecule has 0 rings (SSSR count). The summed E-state index contributed by atoms with van der Waals surface area (Å²) in [6.07, 6.45) is 81.8. The molecule has 0 aliphatic rings. The summed E-state index contributed by atoms with van der Waals surface area (Å²) in [7, 11) is 0. The minimum atomic E-state index is -0.842. The average molecular weight is 1040 g/mol. The number of nitrogens with one attached hydrogen (secondary N) is 1. The van der Waals surface area contributed by atoms with Crippen LogP contribution in [0.3, 0.4) is 0 Å². The maximum Gasteiger partial charge on any atom is 0.305 e. The Labute approximate surface area is 461 Å². The number of hydrogen-bond acceptors (Lipinski definition) is 5. The van der Waals surface area contributed by atoms with E-state index in [0.717, 1.165) is 51.4 Å². The van der Waals surface area contributed by atoms with Crippen molar-refractivity contribution in [1.82, 2.24) is 5.32 Å². The zero-order chi connectivity index (χ0) is 53.6. The van der Waals surface area contributed by atoms with Crippen LogP contribution in [0.25, 0.3) is 0 Å². The Hall–Kier alpha value is -2.18. The average Bonchev–Trinajstić information content (AvgIpc) is 3.40. The van der Waals surface area contributed by atoms with Crippen molar-refractivity contribution in [2.24, 2.45) is 0 Å². The van der Waals surface area contributed by atoms with Gasteiger partial charge in [0.2, 0.25) is 5.91 Å². The van der Waals surface area contributed by atoms with Gasteiger partial charge >= 0.3 is 5.97 Å². The van der Waals surface area contributed by atoms with Crippen LogP contribution in [-0.2, 0) is 14.3 Å². The first kappa shape index (κ1) is 71.8. The van der Waals surface area contributed by atoms with E-state index in [0.29, 0.717) is 19.4 Å². The predicted octanol–water partition coefficient (Wildman–Crippen LogP) is 20.9. The van der Waals surface area contributed by atoms with Gasteiger partial charge in [0.15, 0.2) is 0 Å². The first-order valence-corrected chi connectivity index (χ1v) is 32.9. The van der Waals surface area contributed by atoms with E-state index in [4.69, 9.17) is 4.74 Å². The van der Waals surface area contributed by atoms with Gasteiger partial charge in [-0.3, -0.25) is 9.59 Å². The number of carbonyl (C=O) groups excluding carboxylic acids is 2. The molecule has 0 aliphatic carbocycles. The monoisotopic (exact) mass is 1040 g/mol. The Morgan fingerprint density at radius 3 is 1.04 bits per heavy atom. The van der Waals surface area contributed by atoms with Crippen molar-refractivity contribution in [1.29, 1.82) is 0 Å². The third-order valence-electron chi connectivity index (χ3n) is 15.1. The molecule has 0 bridgehead atoms. The summed E-state index contributed by atoms with van der Waals surface area (Å²) in [5.74, 6) is -0.0637. The molecule has 2 atom stereocenters. The third-order valence-corrected chi connectivity index (χ3v) is 15.1. The highest BCUT2D eigenvalue weighted by Gasteiger charge is 2.18. The van der Waals surface area contributed by atoms with Crippen LogP contribution in [-0.4, -0.2) is 47.4 Å². The van der Waals surface area contributed by atoms with Crippen molar-refractivity contribution in [2.45, 2.75) is 360 Å². The van der Waals surface area contributed by atoms with Crippen LogP contribution < -0.4 is 5.32 Å². The maximum absolute atomic E-state index is 12.4. The van der Waals surface area contributed by atoms with Crippen molar-refractivity contribution in [3.8, 4) is 0 Å². The topological polar surface area (TPSA) is 95.9 Å². The lowest BCUT2D eigenvalue weighted by atomic mass is 10.0. The minimum absolute atomic E-state index is 0.00529. The summed E-state index contributed by atoms with van der Waals surface area (Å²) >= 11 is 0. The molecule has 3 N–H and O–H groups in total. The highest BCUT2D eigenvalue weighted by Crippen LogP contribution is 2.17. The number of aliphatic hydroxyl groups is 2. The molecule has 434 valence electrons. The fraction of sp³-hybridized carbons (Fsp3) is 0.853. The number of allylic oxidation sites excluding steroid dienone is 7. The Kier molecular flexibility index (Phi) is 61.5. The maximum atomic E-state index is 12.4. The smallest absolute Gasteiger partial charge is 0.305 e. The Morgan fingerprint density at radius 2 is 0.676 bits per heavy atom. The van der Waals surface area contributed by atoms with Gasteiger partial charge in [-0.2, -0.15) is 0 Å². The highest BCUT2D eigenvalue weighted by atomic mass is 16.5. The van der Waals surface area contributed by atoms with Crippen LogP contribution >= 0.6 is 0 Å². The van der Waals surface area contributed by atoms with Crippen molar-refractivity contribution < 1.29 is 24.5 Å². The third kappa shape index (κ3) is 59.1. The van der Waals surface area contributed by atoms with E-state index >= 15 is 0 Å². The number of ether oxygens (including phenoxy) is 1. The van der Waals surface area contributed by atoms with Crippen LogP contribution in [0.4, 0.5) is 0 Å². The summed E-state index contributed by atoms with van der Waals surface area (Å²) in [6, 6.07) is -0.626. The number of aliphatic hydroxyl groups excluding tert-OH is 2. The van der Waals surface area contributed by atoms with Gasteiger partial charge in [-0.05, 0) is 89.9 Å². The molecule has 0 spiro atoms. The Morgan fingerprint density at radius 1 is 0.378 bits per heavy atom. The summed E-state index contributed by atoms with van der Waals surface area (Å²) in [4.78, 5) is 24.5. The summed E-state index contributed by atoms with van der Waals surface area (Å²) < 4.78 is 5.49. The molecular formula is C68H127NO5. The fourth-order valence-corrected chi connectivity index (χ4v) is 10.0. The van der Waals surface area contributed by atoms with Crippen molar-refractivity contribution in [3.05, 3.63) is 48.6 Å². The lowest BCUT2D eigenvalue weighted by Gasteiger charge is -2.20. The molecule has 0 aromatic carbocycles. The summed E-state index contributed by atoms with van der Waals surface area (Å²) in [6.45, 7) is 4.89. The number of esters is 1.